The Labute approximate surface area is 165 Å². The van der Waals surface area contributed by atoms with Crippen molar-refractivity contribution in [3.63, 3.8) is 0 Å². The molecule has 27 heavy (non-hydrogen) atoms. The van der Waals surface area contributed by atoms with Crippen molar-refractivity contribution in [2.75, 3.05) is 22.0 Å². The number of aryl methyl sites for hydroxylation is 1. The summed E-state index contributed by atoms with van der Waals surface area (Å²) in [5.74, 6) is -0.0103. The fraction of sp³-hybridized carbons (Fsp3) is 0.350. The molecule has 5 nitrogen and oxygen atoms in total. The standard InChI is InChI=1S/C20H23ClN2O3S/c1-20(2,14-21)19(24)22-16-11-10-15-7-6-12-23(18(15)13-16)27(25,26)17-8-4-3-5-9-17/h3-5,8-11,13H,6-7,12,14H2,1-2H3,(H,22,24). The largest absolute Gasteiger partial charge is 0.326 e. The van der Waals surface area contributed by atoms with Gasteiger partial charge in [-0.15, -0.1) is 11.6 Å². The summed E-state index contributed by atoms with van der Waals surface area (Å²) in [5.41, 5.74) is 1.42. The Morgan fingerprint density at radius 1 is 1.19 bits per heavy atom. The number of amides is 1. The molecule has 1 N–H and O–H groups in total. The number of rotatable bonds is 5. The summed E-state index contributed by atoms with van der Waals surface area (Å²) in [5, 5.41) is 2.85. The van der Waals surface area contributed by atoms with E-state index in [1.165, 1.54) is 4.31 Å². The van der Waals surface area contributed by atoms with E-state index in [1.54, 1.807) is 56.3 Å². The normalized spacial score (nSPS) is 14.6. The first-order chi connectivity index (χ1) is 12.8. The summed E-state index contributed by atoms with van der Waals surface area (Å²) in [7, 11) is -3.65. The summed E-state index contributed by atoms with van der Waals surface area (Å²) in [6.07, 6.45) is 1.56. The third kappa shape index (κ3) is 3.96. The molecule has 0 spiro atoms. The molecular weight excluding hydrogens is 384 g/mol. The molecule has 2 aromatic rings. The minimum absolute atomic E-state index is 0.193. The van der Waals surface area contributed by atoms with Gasteiger partial charge in [0.05, 0.1) is 16.0 Å². The number of carbonyl (C=O) groups excluding carboxylic acids is 1. The Morgan fingerprint density at radius 3 is 2.56 bits per heavy atom. The highest BCUT2D eigenvalue weighted by Gasteiger charge is 2.30. The first-order valence-corrected chi connectivity index (χ1v) is 10.8. The van der Waals surface area contributed by atoms with Gasteiger partial charge in [-0.1, -0.05) is 24.3 Å². The molecule has 1 heterocycles. The van der Waals surface area contributed by atoms with Crippen molar-refractivity contribution in [3.05, 3.63) is 54.1 Å². The van der Waals surface area contributed by atoms with Crippen LogP contribution in [0.15, 0.2) is 53.4 Å². The lowest BCUT2D eigenvalue weighted by Crippen LogP contribution is -2.36. The van der Waals surface area contributed by atoms with Crippen LogP contribution in [0.1, 0.15) is 25.8 Å². The average molecular weight is 407 g/mol. The van der Waals surface area contributed by atoms with Crippen molar-refractivity contribution < 1.29 is 13.2 Å². The van der Waals surface area contributed by atoms with Crippen LogP contribution in [0, 0.1) is 5.41 Å². The molecule has 0 saturated heterocycles. The van der Waals surface area contributed by atoms with Crippen LogP contribution in [-0.2, 0) is 21.2 Å². The monoisotopic (exact) mass is 406 g/mol. The van der Waals surface area contributed by atoms with Gasteiger partial charge >= 0.3 is 0 Å². The second-order valence-corrected chi connectivity index (χ2v) is 9.44. The zero-order valence-corrected chi connectivity index (χ0v) is 17.0. The molecule has 0 atom stereocenters. The molecule has 0 aliphatic carbocycles. The van der Waals surface area contributed by atoms with Crippen molar-refractivity contribution in [2.45, 2.75) is 31.6 Å². The van der Waals surface area contributed by atoms with Gasteiger partial charge in [0.2, 0.25) is 5.91 Å². The van der Waals surface area contributed by atoms with Gasteiger partial charge in [0.1, 0.15) is 0 Å². The number of benzene rings is 2. The summed E-state index contributed by atoms with van der Waals surface area (Å²) < 4.78 is 27.7. The fourth-order valence-electron chi connectivity index (χ4n) is 2.95. The molecule has 3 rings (SSSR count). The van der Waals surface area contributed by atoms with Crippen LogP contribution >= 0.6 is 11.6 Å². The molecule has 2 aromatic carbocycles. The number of alkyl halides is 1. The zero-order valence-electron chi connectivity index (χ0n) is 15.4. The number of sulfonamides is 1. The first-order valence-electron chi connectivity index (χ1n) is 8.84. The Morgan fingerprint density at radius 2 is 1.89 bits per heavy atom. The minimum atomic E-state index is -3.65. The molecule has 0 unspecified atom stereocenters. The van der Waals surface area contributed by atoms with Gasteiger partial charge in [-0.3, -0.25) is 9.10 Å². The Balaban J connectivity index is 1.96. The van der Waals surface area contributed by atoms with E-state index in [9.17, 15) is 13.2 Å². The van der Waals surface area contributed by atoms with Crippen LogP contribution in [0.4, 0.5) is 11.4 Å². The van der Waals surface area contributed by atoms with Gasteiger partial charge < -0.3 is 5.32 Å². The molecule has 0 aromatic heterocycles. The molecule has 1 aliphatic heterocycles. The zero-order chi connectivity index (χ0) is 19.7. The van der Waals surface area contributed by atoms with Gasteiger partial charge in [-0.2, -0.15) is 0 Å². The van der Waals surface area contributed by atoms with Crippen LogP contribution in [-0.4, -0.2) is 26.7 Å². The smallest absolute Gasteiger partial charge is 0.264 e. The van der Waals surface area contributed by atoms with Crippen molar-refractivity contribution in [1.82, 2.24) is 0 Å². The van der Waals surface area contributed by atoms with Crippen LogP contribution in [0.5, 0.6) is 0 Å². The summed E-state index contributed by atoms with van der Waals surface area (Å²) in [6.45, 7) is 3.94. The van der Waals surface area contributed by atoms with Crippen molar-refractivity contribution in [1.29, 1.82) is 0 Å². The Hall–Kier alpha value is -2.05. The fourth-order valence-corrected chi connectivity index (χ4v) is 4.62. The highest BCUT2D eigenvalue weighted by molar-refractivity contribution is 7.92. The number of anilines is 2. The van der Waals surface area contributed by atoms with Gasteiger partial charge in [0, 0.05) is 18.1 Å². The second-order valence-electron chi connectivity index (χ2n) is 7.31. The van der Waals surface area contributed by atoms with E-state index >= 15 is 0 Å². The van der Waals surface area contributed by atoms with Gasteiger partial charge in [-0.25, -0.2) is 8.42 Å². The maximum absolute atomic E-state index is 13.1. The maximum atomic E-state index is 13.1. The third-order valence-electron chi connectivity index (χ3n) is 4.70. The summed E-state index contributed by atoms with van der Waals surface area (Å²) in [4.78, 5) is 12.7. The van der Waals surface area contributed by atoms with E-state index in [2.05, 4.69) is 5.32 Å². The summed E-state index contributed by atoms with van der Waals surface area (Å²) >= 11 is 5.87. The molecule has 0 radical (unpaired) electrons. The molecule has 0 bridgehead atoms. The van der Waals surface area contributed by atoms with E-state index in [0.717, 1.165) is 18.4 Å². The van der Waals surface area contributed by atoms with Crippen LogP contribution < -0.4 is 9.62 Å². The van der Waals surface area contributed by atoms with Crippen molar-refractivity contribution in [3.8, 4) is 0 Å². The number of halogens is 1. The average Bonchev–Trinajstić information content (AvgIpc) is 2.68. The van der Waals surface area contributed by atoms with Gasteiger partial charge in [0.15, 0.2) is 0 Å². The Bertz CT molecular complexity index is 943. The van der Waals surface area contributed by atoms with Crippen molar-refractivity contribution in [2.24, 2.45) is 5.41 Å². The molecule has 1 aliphatic rings. The maximum Gasteiger partial charge on any atom is 0.264 e. The van der Waals surface area contributed by atoms with E-state index in [0.29, 0.717) is 17.9 Å². The van der Waals surface area contributed by atoms with E-state index in [4.69, 9.17) is 11.6 Å². The molecular formula is C20H23ClN2O3S. The number of nitrogens with zero attached hydrogens (tertiary/aromatic N) is 1. The highest BCUT2D eigenvalue weighted by Crippen LogP contribution is 2.34. The quantitative estimate of drug-likeness (QED) is 0.762. The first kappa shape index (κ1) is 19.7. The lowest BCUT2D eigenvalue weighted by Gasteiger charge is -2.31. The van der Waals surface area contributed by atoms with E-state index in [-0.39, 0.29) is 16.7 Å². The van der Waals surface area contributed by atoms with E-state index < -0.39 is 15.4 Å². The van der Waals surface area contributed by atoms with Gasteiger partial charge in [0.25, 0.3) is 10.0 Å². The number of hydrogen-bond acceptors (Lipinski definition) is 3. The minimum Gasteiger partial charge on any atom is -0.326 e. The number of fused-ring (bicyclic) bond motifs is 1. The SMILES string of the molecule is CC(C)(CCl)C(=O)Nc1ccc2c(c1)N(S(=O)(=O)c1ccccc1)CCC2. The third-order valence-corrected chi connectivity index (χ3v) is 7.19. The number of carbonyl (C=O) groups is 1. The van der Waals surface area contributed by atoms with E-state index in [1.807, 2.05) is 6.07 Å². The van der Waals surface area contributed by atoms with Crippen LogP contribution in [0.25, 0.3) is 0 Å². The molecule has 7 heteroatoms. The lowest BCUT2D eigenvalue weighted by molar-refractivity contribution is -0.122. The predicted octanol–water partition coefficient (Wildman–Crippen LogP) is 4.03. The van der Waals surface area contributed by atoms with Gasteiger partial charge in [-0.05, 0) is 56.5 Å². The predicted molar refractivity (Wildman–Crippen MR) is 109 cm³/mol. The molecule has 0 saturated carbocycles. The second kappa shape index (κ2) is 7.52. The number of nitrogens with one attached hydrogen (secondary N) is 1. The van der Waals surface area contributed by atoms with Crippen LogP contribution in [0.3, 0.4) is 0 Å². The highest BCUT2D eigenvalue weighted by atomic mass is 35.5. The Kier molecular flexibility index (Phi) is 5.49. The molecule has 1 amide bonds. The summed E-state index contributed by atoms with van der Waals surface area (Å²) in [6, 6.07) is 13.8. The lowest BCUT2D eigenvalue weighted by atomic mass is 9.95. The van der Waals surface area contributed by atoms with Crippen LogP contribution in [0.2, 0.25) is 0 Å². The number of hydrogen-bond donors (Lipinski definition) is 1. The molecule has 0 fully saturated rings. The molecule has 144 valence electrons. The van der Waals surface area contributed by atoms with Crippen molar-refractivity contribution >= 4 is 38.9 Å². The topological polar surface area (TPSA) is 66.5 Å².